The summed E-state index contributed by atoms with van der Waals surface area (Å²) < 4.78 is 81.8. The molecule has 0 heterocycles. The van der Waals surface area contributed by atoms with Gasteiger partial charge in [-0.05, 0) is 42.0 Å². The number of urea groups is 1. The second-order valence-corrected chi connectivity index (χ2v) is 5.50. The molecule has 0 unspecified atom stereocenters. The number of hydrogen-bond donors (Lipinski definition) is 2. The fourth-order valence-corrected chi connectivity index (χ4v) is 2.12. The maximum Gasteiger partial charge on any atom is 0.416 e. The summed E-state index contributed by atoms with van der Waals surface area (Å²) in [5.41, 5.74) is -3.00. The normalized spacial score (nSPS) is 12.1. The number of halogens is 6. The van der Waals surface area contributed by atoms with Gasteiger partial charge in [-0.15, -0.1) is 0 Å². The molecule has 4 nitrogen and oxygen atoms in total. The van der Waals surface area contributed by atoms with Crippen LogP contribution in [0.5, 0.6) is 5.75 Å². The molecule has 0 spiro atoms. The molecule has 28 heavy (non-hydrogen) atoms. The third-order valence-electron chi connectivity index (χ3n) is 3.45. The Morgan fingerprint density at radius 1 is 0.929 bits per heavy atom. The molecule has 0 fully saturated rings. The van der Waals surface area contributed by atoms with Crippen LogP contribution in [0.25, 0.3) is 6.08 Å². The Morgan fingerprint density at radius 2 is 1.46 bits per heavy atom. The molecule has 0 aromatic heterocycles. The summed E-state index contributed by atoms with van der Waals surface area (Å²) in [7, 11) is 1.49. The Bertz CT molecular complexity index is 826. The van der Waals surface area contributed by atoms with E-state index in [2.05, 4.69) is 5.32 Å². The van der Waals surface area contributed by atoms with E-state index in [4.69, 9.17) is 4.74 Å². The van der Waals surface area contributed by atoms with Gasteiger partial charge in [0, 0.05) is 11.9 Å². The van der Waals surface area contributed by atoms with Crippen molar-refractivity contribution in [2.24, 2.45) is 0 Å². The summed E-state index contributed by atoms with van der Waals surface area (Å²) in [5.74, 6) is 0.618. The quantitative estimate of drug-likeness (QED) is 0.659. The minimum absolute atomic E-state index is 0.0212. The van der Waals surface area contributed by atoms with Crippen LogP contribution in [0.1, 0.15) is 16.7 Å². The van der Waals surface area contributed by atoms with E-state index >= 15 is 0 Å². The minimum atomic E-state index is -5.00. The molecular weight excluding hydrogens is 390 g/mol. The lowest BCUT2D eigenvalue weighted by Gasteiger charge is -2.14. The van der Waals surface area contributed by atoms with E-state index < -0.39 is 35.2 Å². The van der Waals surface area contributed by atoms with Crippen LogP contribution in [0.15, 0.2) is 48.7 Å². The minimum Gasteiger partial charge on any atom is -0.497 e. The number of hydrogen-bond acceptors (Lipinski definition) is 2. The summed E-state index contributed by atoms with van der Waals surface area (Å²) in [6.45, 7) is 0. The Morgan fingerprint density at radius 3 is 1.93 bits per heavy atom. The zero-order valence-electron chi connectivity index (χ0n) is 14.3. The lowest BCUT2D eigenvalue weighted by molar-refractivity contribution is -0.143. The third kappa shape index (κ3) is 5.93. The monoisotopic (exact) mass is 404 g/mol. The van der Waals surface area contributed by atoms with Crippen LogP contribution in [0, 0.1) is 0 Å². The summed E-state index contributed by atoms with van der Waals surface area (Å²) in [5, 5.41) is 4.15. The van der Waals surface area contributed by atoms with E-state index in [-0.39, 0.29) is 6.07 Å². The predicted octanol–water partition coefficient (Wildman–Crippen LogP) is 5.53. The van der Waals surface area contributed by atoms with Gasteiger partial charge in [0.2, 0.25) is 0 Å². The molecule has 0 saturated heterocycles. The molecule has 2 amide bonds. The van der Waals surface area contributed by atoms with Crippen molar-refractivity contribution in [3.8, 4) is 5.75 Å². The lowest BCUT2D eigenvalue weighted by atomic mass is 10.1. The van der Waals surface area contributed by atoms with Crippen molar-refractivity contribution >= 4 is 17.8 Å². The summed E-state index contributed by atoms with van der Waals surface area (Å²) in [6, 6.07) is 6.50. The Balaban J connectivity index is 2.10. The largest absolute Gasteiger partial charge is 0.497 e. The van der Waals surface area contributed by atoms with Gasteiger partial charge in [0.25, 0.3) is 0 Å². The van der Waals surface area contributed by atoms with Crippen molar-refractivity contribution in [2.75, 3.05) is 12.4 Å². The van der Waals surface area contributed by atoms with Crippen molar-refractivity contribution in [3.05, 3.63) is 65.4 Å². The number of amides is 2. The third-order valence-corrected chi connectivity index (χ3v) is 3.45. The van der Waals surface area contributed by atoms with Crippen LogP contribution in [-0.4, -0.2) is 13.1 Å². The molecule has 0 aliphatic heterocycles. The molecule has 2 aromatic carbocycles. The van der Waals surface area contributed by atoms with Crippen molar-refractivity contribution in [1.29, 1.82) is 0 Å². The van der Waals surface area contributed by atoms with Crippen LogP contribution in [0.2, 0.25) is 0 Å². The molecule has 0 aliphatic rings. The number of benzene rings is 2. The Kier molecular flexibility index (Phi) is 6.22. The lowest BCUT2D eigenvalue weighted by Crippen LogP contribution is -2.24. The number of nitrogens with one attached hydrogen (secondary N) is 2. The highest BCUT2D eigenvalue weighted by Gasteiger charge is 2.37. The fourth-order valence-electron chi connectivity index (χ4n) is 2.12. The number of anilines is 1. The van der Waals surface area contributed by atoms with Crippen LogP contribution in [0.3, 0.4) is 0 Å². The first-order valence-electron chi connectivity index (χ1n) is 7.66. The van der Waals surface area contributed by atoms with Crippen molar-refractivity contribution in [3.63, 3.8) is 0 Å². The SMILES string of the molecule is COc1ccc(/C=C/NC(=O)Nc2cc(C(F)(F)F)cc(C(F)(F)F)c2)cc1. The van der Waals surface area contributed by atoms with E-state index in [1.807, 2.05) is 5.32 Å². The molecule has 2 N–H and O–H groups in total. The molecule has 0 saturated carbocycles. The van der Waals surface area contributed by atoms with Gasteiger partial charge in [0.1, 0.15) is 5.75 Å². The summed E-state index contributed by atoms with van der Waals surface area (Å²) in [4.78, 5) is 11.8. The number of carbonyl (C=O) groups is 1. The molecule has 0 bridgehead atoms. The first-order chi connectivity index (χ1) is 13.0. The Hall–Kier alpha value is -3.17. The zero-order chi connectivity index (χ0) is 20.9. The smallest absolute Gasteiger partial charge is 0.416 e. The highest BCUT2D eigenvalue weighted by Crippen LogP contribution is 2.37. The first-order valence-corrected chi connectivity index (χ1v) is 7.66. The maximum absolute atomic E-state index is 12.8. The number of rotatable bonds is 4. The standard InChI is InChI=1S/C18H14F6N2O2/c1-28-15-4-2-11(3-5-15)6-7-25-16(27)26-14-9-12(17(19,20)21)8-13(10-14)18(22,23)24/h2-10H,1H3,(H2,25,26,27)/b7-6+. The molecule has 2 aromatic rings. The van der Waals surface area contributed by atoms with E-state index in [1.165, 1.54) is 19.4 Å². The number of methoxy groups -OCH3 is 1. The molecule has 0 radical (unpaired) electrons. The average Bonchev–Trinajstić information content (AvgIpc) is 2.60. The van der Waals surface area contributed by atoms with E-state index in [9.17, 15) is 31.1 Å². The van der Waals surface area contributed by atoms with E-state index in [1.54, 1.807) is 24.3 Å². The second kappa shape index (κ2) is 8.24. The van der Waals surface area contributed by atoms with Crippen LogP contribution in [0.4, 0.5) is 36.8 Å². The number of alkyl halides is 6. The van der Waals surface area contributed by atoms with E-state index in [0.29, 0.717) is 23.4 Å². The summed E-state index contributed by atoms with van der Waals surface area (Å²) in [6.07, 6.45) is -7.33. The maximum atomic E-state index is 12.8. The van der Waals surface area contributed by atoms with Crippen molar-refractivity contribution < 1.29 is 35.9 Å². The highest BCUT2D eigenvalue weighted by atomic mass is 19.4. The fraction of sp³-hybridized carbons (Fsp3) is 0.167. The van der Waals surface area contributed by atoms with Crippen LogP contribution in [-0.2, 0) is 12.4 Å². The highest BCUT2D eigenvalue weighted by molar-refractivity contribution is 5.90. The predicted molar refractivity (Wildman–Crippen MR) is 90.6 cm³/mol. The molecule has 150 valence electrons. The topological polar surface area (TPSA) is 50.4 Å². The molecule has 10 heteroatoms. The number of ether oxygens (including phenoxy) is 1. The average molecular weight is 404 g/mol. The van der Waals surface area contributed by atoms with Gasteiger partial charge in [-0.3, -0.25) is 0 Å². The summed E-state index contributed by atoms with van der Waals surface area (Å²) >= 11 is 0. The van der Waals surface area contributed by atoms with Crippen LogP contribution < -0.4 is 15.4 Å². The van der Waals surface area contributed by atoms with Gasteiger partial charge in [-0.1, -0.05) is 12.1 Å². The zero-order valence-corrected chi connectivity index (χ0v) is 14.3. The van der Waals surface area contributed by atoms with Gasteiger partial charge in [0.15, 0.2) is 0 Å². The second-order valence-electron chi connectivity index (χ2n) is 5.50. The van der Waals surface area contributed by atoms with Gasteiger partial charge in [-0.2, -0.15) is 26.3 Å². The Labute approximate surface area is 155 Å². The van der Waals surface area contributed by atoms with Gasteiger partial charge in [-0.25, -0.2) is 4.79 Å². The molecule has 0 aliphatic carbocycles. The van der Waals surface area contributed by atoms with E-state index in [0.717, 1.165) is 0 Å². The number of carbonyl (C=O) groups excluding carboxylic acids is 1. The van der Waals surface area contributed by atoms with Crippen molar-refractivity contribution in [1.82, 2.24) is 5.32 Å². The first kappa shape index (κ1) is 21.1. The van der Waals surface area contributed by atoms with Gasteiger partial charge < -0.3 is 15.4 Å². The van der Waals surface area contributed by atoms with Crippen molar-refractivity contribution in [2.45, 2.75) is 12.4 Å². The van der Waals surface area contributed by atoms with Gasteiger partial charge in [0.05, 0.1) is 18.2 Å². The van der Waals surface area contributed by atoms with Crippen LogP contribution >= 0.6 is 0 Å². The van der Waals surface area contributed by atoms with Gasteiger partial charge >= 0.3 is 18.4 Å². The molecule has 2 rings (SSSR count). The molecule has 0 atom stereocenters. The molecular formula is C18H14F6N2O2.